The van der Waals surface area contributed by atoms with Crippen LogP contribution in [0.3, 0.4) is 0 Å². The summed E-state index contributed by atoms with van der Waals surface area (Å²) < 4.78 is 7.49. The molecule has 2 atom stereocenters. The highest BCUT2D eigenvalue weighted by atomic mass is 16.5. The van der Waals surface area contributed by atoms with E-state index in [1.54, 1.807) is 0 Å². The van der Waals surface area contributed by atoms with Gasteiger partial charge in [0.15, 0.2) is 0 Å². The number of nitrogens with zero attached hydrogens (tertiary/aromatic N) is 1. The molecule has 1 N–H and O–H groups in total. The number of rotatable bonds is 2. The Morgan fingerprint density at radius 3 is 2.85 bits per heavy atom. The van der Waals surface area contributed by atoms with E-state index in [0.717, 1.165) is 19.4 Å². The van der Waals surface area contributed by atoms with Crippen molar-refractivity contribution < 1.29 is 4.74 Å². The normalized spacial score (nSPS) is 28.7. The fourth-order valence-electron chi connectivity index (χ4n) is 1.75. The third-order valence-corrected chi connectivity index (χ3v) is 2.42. The fraction of sp³-hybridized carbons (Fsp3) is 0.600. The van der Waals surface area contributed by atoms with Crippen molar-refractivity contribution >= 4 is 0 Å². The van der Waals surface area contributed by atoms with Gasteiger partial charge in [0.2, 0.25) is 0 Å². The van der Waals surface area contributed by atoms with E-state index in [1.807, 2.05) is 29.2 Å². The summed E-state index contributed by atoms with van der Waals surface area (Å²) in [5.74, 6) is 0. The minimum absolute atomic E-state index is 0.391. The molecule has 1 fully saturated rings. The number of aromatic nitrogens is 1. The van der Waals surface area contributed by atoms with Crippen LogP contribution in [0, 0.1) is 0 Å². The van der Waals surface area contributed by atoms with Crippen molar-refractivity contribution in [2.45, 2.75) is 31.9 Å². The third-order valence-electron chi connectivity index (χ3n) is 2.42. The molecular weight excluding hydrogens is 164 g/mol. The van der Waals surface area contributed by atoms with E-state index >= 15 is 0 Å². The predicted octanol–water partition coefficient (Wildman–Crippen LogP) is 1.60. The topological polar surface area (TPSA) is 26.2 Å². The van der Waals surface area contributed by atoms with E-state index in [2.05, 4.69) is 12.3 Å². The molecule has 0 bridgehead atoms. The van der Waals surface area contributed by atoms with Gasteiger partial charge in [-0.25, -0.2) is 0 Å². The highest BCUT2D eigenvalue weighted by Gasteiger charge is 2.18. The van der Waals surface area contributed by atoms with Crippen molar-refractivity contribution in [3.63, 3.8) is 0 Å². The predicted molar refractivity (Wildman–Crippen MR) is 52.2 cm³/mol. The summed E-state index contributed by atoms with van der Waals surface area (Å²) in [7, 11) is 0. The third kappa shape index (κ3) is 2.25. The van der Waals surface area contributed by atoms with Crippen LogP contribution in [0.25, 0.3) is 0 Å². The van der Waals surface area contributed by atoms with Gasteiger partial charge in [-0.05, 0) is 31.9 Å². The molecule has 0 amide bonds. The van der Waals surface area contributed by atoms with Gasteiger partial charge in [0.25, 0.3) is 0 Å². The molecule has 1 aromatic rings. The molecule has 1 saturated heterocycles. The van der Waals surface area contributed by atoms with Crippen molar-refractivity contribution in [1.82, 2.24) is 4.68 Å². The number of hydrogen-bond donors (Lipinski definition) is 1. The summed E-state index contributed by atoms with van der Waals surface area (Å²) in [6, 6.07) is 4.60. The number of ether oxygens (including phenoxy) is 1. The maximum Gasteiger partial charge on any atom is 0.0567 e. The zero-order chi connectivity index (χ0) is 9.10. The van der Waals surface area contributed by atoms with Crippen molar-refractivity contribution in [1.29, 1.82) is 0 Å². The summed E-state index contributed by atoms with van der Waals surface area (Å²) in [5.41, 5.74) is 3.43. The lowest BCUT2D eigenvalue weighted by Gasteiger charge is -2.28. The second kappa shape index (κ2) is 3.83. The zero-order valence-corrected chi connectivity index (χ0v) is 7.94. The standard InChI is InChI=1S/C10H16N2O/c1-9-8-10(4-7-13-9)11-12-5-2-3-6-12/h2-3,5-6,9-11H,4,7-8H2,1H3. The van der Waals surface area contributed by atoms with Gasteiger partial charge in [-0.15, -0.1) is 0 Å². The highest BCUT2D eigenvalue weighted by Crippen LogP contribution is 2.13. The molecule has 3 nitrogen and oxygen atoms in total. The molecule has 0 aliphatic carbocycles. The van der Waals surface area contributed by atoms with Gasteiger partial charge in [0, 0.05) is 25.0 Å². The minimum atomic E-state index is 0.391. The van der Waals surface area contributed by atoms with Crippen molar-refractivity contribution in [3.05, 3.63) is 24.5 Å². The van der Waals surface area contributed by atoms with Gasteiger partial charge in [-0.1, -0.05) is 0 Å². The molecule has 0 aromatic carbocycles. The molecule has 1 aliphatic rings. The molecule has 13 heavy (non-hydrogen) atoms. The van der Waals surface area contributed by atoms with Crippen LogP contribution in [0.5, 0.6) is 0 Å². The average molecular weight is 180 g/mol. The van der Waals surface area contributed by atoms with Crippen LogP contribution >= 0.6 is 0 Å². The van der Waals surface area contributed by atoms with E-state index in [-0.39, 0.29) is 0 Å². The monoisotopic (exact) mass is 180 g/mol. The summed E-state index contributed by atoms with van der Waals surface area (Å²) >= 11 is 0. The summed E-state index contributed by atoms with van der Waals surface area (Å²) in [4.78, 5) is 0. The molecule has 3 heteroatoms. The summed E-state index contributed by atoms with van der Waals surface area (Å²) in [6.07, 6.45) is 6.64. The molecule has 0 radical (unpaired) electrons. The van der Waals surface area contributed by atoms with Gasteiger partial charge < -0.3 is 10.2 Å². The van der Waals surface area contributed by atoms with Crippen LogP contribution in [0.15, 0.2) is 24.5 Å². The number of hydrogen-bond acceptors (Lipinski definition) is 2. The molecule has 72 valence electrons. The van der Waals surface area contributed by atoms with Crippen LogP contribution < -0.4 is 5.43 Å². The Morgan fingerprint density at radius 1 is 1.38 bits per heavy atom. The SMILES string of the molecule is CC1CC(Nn2cccc2)CCO1. The Bertz CT molecular complexity index is 245. The Hall–Kier alpha value is -0.960. The van der Waals surface area contributed by atoms with E-state index in [9.17, 15) is 0 Å². The lowest BCUT2D eigenvalue weighted by Crippen LogP contribution is -2.36. The fourth-order valence-corrected chi connectivity index (χ4v) is 1.75. The van der Waals surface area contributed by atoms with E-state index in [1.165, 1.54) is 0 Å². The van der Waals surface area contributed by atoms with Gasteiger partial charge in [-0.2, -0.15) is 0 Å². The smallest absolute Gasteiger partial charge is 0.0567 e. The van der Waals surface area contributed by atoms with Crippen molar-refractivity contribution in [2.75, 3.05) is 12.0 Å². The molecule has 0 saturated carbocycles. The maximum absolute atomic E-state index is 5.48. The molecule has 1 aromatic heterocycles. The summed E-state index contributed by atoms with van der Waals surface area (Å²) in [5, 5.41) is 0. The maximum atomic E-state index is 5.48. The first-order valence-electron chi connectivity index (χ1n) is 4.86. The lowest BCUT2D eigenvalue weighted by molar-refractivity contribution is 0.0214. The van der Waals surface area contributed by atoms with Crippen LogP contribution in [-0.2, 0) is 4.74 Å². The number of nitrogens with one attached hydrogen (secondary N) is 1. The Balaban J connectivity index is 1.87. The first-order valence-corrected chi connectivity index (χ1v) is 4.86. The molecule has 2 unspecified atom stereocenters. The zero-order valence-electron chi connectivity index (χ0n) is 7.94. The van der Waals surface area contributed by atoms with Gasteiger partial charge in [0.1, 0.15) is 0 Å². The Kier molecular flexibility index (Phi) is 2.54. The van der Waals surface area contributed by atoms with E-state index in [4.69, 9.17) is 4.74 Å². The quantitative estimate of drug-likeness (QED) is 0.748. The minimum Gasteiger partial charge on any atom is -0.378 e. The molecular formula is C10H16N2O. The largest absolute Gasteiger partial charge is 0.378 e. The first kappa shape index (κ1) is 8.63. The van der Waals surface area contributed by atoms with Gasteiger partial charge >= 0.3 is 0 Å². The van der Waals surface area contributed by atoms with Crippen LogP contribution in [0.2, 0.25) is 0 Å². The second-order valence-corrected chi connectivity index (χ2v) is 3.62. The van der Waals surface area contributed by atoms with Crippen molar-refractivity contribution in [2.24, 2.45) is 0 Å². The van der Waals surface area contributed by atoms with Crippen LogP contribution in [-0.4, -0.2) is 23.4 Å². The van der Waals surface area contributed by atoms with E-state index < -0.39 is 0 Å². The Labute approximate surface area is 78.7 Å². The molecule has 2 rings (SSSR count). The second-order valence-electron chi connectivity index (χ2n) is 3.62. The Morgan fingerprint density at radius 2 is 2.15 bits per heavy atom. The molecule has 2 heterocycles. The van der Waals surface area contributed by atoms with Gasteiger partial charge in [0.05, 0.1) is 6.10 Å². The first-order chi connectivity index (χ1) is 6.34. The molecule has 1 aliphatic heterocycles. The van der Waals surface area contributed by atoms with Crippen molar-refractivity contribution in [3.8, 4) is 0 Å². The van der Waals surface area contributed by atoms with Crippen LogP contribution in [0.1, 0.15) is 19.8 Å². The summed E-state index contributed by atoms with van der Waals surface area (Å²) in [6.45, 7) is 3.00. The average Bonchev–Trinajstić information content (AvgIpc) is 2.57. The lowest BCUT2D eigenvalue weighted by atomic mass is 10.1. The van der Waals surface area contributed by atoms with Crippen LogP contribution in [0.4, 0.5) is 0 Å². The van der Waals surface area contributed by atoms with Gasteiger partial charge in [-0.3, -0.25) is 4.68 Å². The van der Waals surface area contributed by atoms with E-state index in [0.29, 0.717) is 12.1 Å². The highest BCUT2D eigenvalue weighted by molar-refractivity contribution is 4.96. The molecule has 0 spiro atoms.